The highest BCUT2D eigenvalue weighted by Crippen LogP contribution is 2.34. The lowest BCUT2D eigenvalue weighted by atomic mass is 9.76. The van der Waals surface area contributed by atoms with Crippen LogP contribution >= 0.6 is 11.6 Å². The molecule has 2 unspecified atom stereocenters. The highest BCUT2D eigenvalue weighted by Gasteiger charge is 2.26. The van der Waals surface area contributed by atoms with Gasteiger partial charge in [-0.05, 0) is 61.7 Å². The SMILES string of the molecule is CC(C)CNCC1CCCCC1Cc1cccc(F)c1Cl. The van der Waals surface area contributed by atoms with E-state index >= 15 is 0 Å². The molecule has 0 spiro atoms. The van der Waals surface area contributed by atoms with Crippen molar-refractivity contribution >= 4 is 11.6 Å². The minimum absolute atomic E-state index is 0.292. The van der Waals surface area contributed by atoms with Crippen LogP contribution < -0.4 is 5.32 Å². The van der Waals surface area contributed by atoms with Crippen LogP contribution in [0.5, 0.6) is 0 Å². The predicted molar refractivity (Wildman–Crippen MR) is 88.3 cm³/mol. The van der Waals surface area contributed by atoms with E-state index in [1.165, 1.54) is 31.7 Å². The van der Waals surface area contributed by atoms with E-state index in [0.717, 1.165) is 25.1 Å². The van der Waals surface area contributed by atoms with Crippen molar-refractivity contribution in [2.75, 3.05) is 13.1 Å². The molecule has 0 aliphatic heterocycles. The van der Waals surface area contributed by atoms with Gasteiger partial charge in [0, 0.05) is 0 Å². The Bertz CT molecular complexity index is 447. The molecular weight excluding hydrogens is 285 g/mol. The van der Waals surface area contributed by atoms with E-state index in [-0.39, 0.29) is 5.82 Å². The Kier molecular flexibility index (Phi) is 6.50. The average molecular weight is 312 g/mol. The molecule has 1 fully saturated rings. The molecule has 21 heavy (non-hydrogen) atoms. The van der Waals surface area contributed by atoms with E-state index in [2.05, 4.69) is 19.2 Å². The van der Waals surface area contributed by atoms with Crippen molar-refractivity contribution in [3.63, 3.8) is 0 Å². The molecule has 0 radical (unpaired) electrons. The summed E-state index contributed by atoms with van der Waals surface area (Å²) < 4.78 is 13.6. The van der Waals surface area contributed by atoms with Gasteiger partial charge < -0.3 is 5.32 Å². The Balaban J connectivity index is 1.96. The molecule has 0 saturated heterocycles. The maximum atomic E-state index is 13.6. The van der Waals surface area contributed by atoms with Crippen LogP contribution in [0.1, 0.15) is 45.1 Å². The number of hydrogen-bond donors (Lipinski definition) is 1. The third kappa shape index (κ3) is 4.96. The second kappa shape index (κ2) is 8.14. The first-order valence-electron chi connectivity index (χ1n) is 8.21. The summed E-state index contributed by atoms with van der Waals surface area (Å²) in [7, 11) is 0. The van der Waals surface area contributed by atoms with Gasteiger partial charge in [0.2, 0.25) is 0 Å². The van der Waals surface area contributed by atoms with E-state index < -0.39 is 0 Å². The summed E-state index contributed by atoms with van der Waals surface area (Å²) in [6.07, 6.45) is 6.04. The summed E-state index contributed by atoms with van der Waals surface area (Å²) >= 11 is 6.12. The monoisotopic (exact) mass is 311 g/mol. The normalized spacial score (nSPS) is 22.7. The minimum atomic E-state index is -0.292. The van der Waals surface area contributed by atoms with E-state index in [9.17, 15) is 4.39 Å². The molecule has 1 nitrogen and oxygen atoms in total. The fourth-order valence-corrected chi connectivity index (χ4v) is 3.57. The van der Waals surface area contributed by atoms with Gasteiger partial charge in [0.25, 0.3) is 0 Å². The molecule has 1 aromatic rings. The van der Waals surface area contributed by atoms with E-state index in [0.29, 0.717) is 22.8 Å². The van der Waals surface area contributed by atoms with Crippen molar-refractivity contribution in [1.29, 1.82) is 0 Å². The molecule has 2 rings (SSSR count). The second-order valence-electron chi connectivity index (χ2n) is 6.77. The first kappa shape index (κ1) is 16.8. The average Bonchev–Trinajstić information content (AvgIpc) is 2.45. The number of benzene rings is 1. The van der Waals surface area contributed by atoms with Crippen LogP contribution in [0.25, 0.3) is 0 Å². The second-order valence-corrected chi connectivity index (χ2v) is 7.15. The zero-order valence-corrected chi connectivity index (χ0v) is 13.9. The number of nitrogens with one attached hydrogen (secondary N) is 1. The smallest absolute Gasteiger partial charge is 0.142 e. The molecule has 118 valence electrons. The third-order valence-corrected chi connectivity index (χ3v) is 4.96. The summed E-state index contributed by atoms with van der Waals surface area (Å²) in [6.45, 7) is 6.62. The summed E-state index contributed by atoms with van der Waals surface area (Å²) in [6, 6.07) is 5.18. The van der Waals surface area contributed by atoms with E-state index in [1.54, 1.807) is 6.07 Å². The zero-order chi connectivity index (χ0) is 15.2. The molecule has 0 bridgehead atoms. The van der Waals surface area contributed by atoms with Crippen LogP contribution in [0.4, 0.5) is 4.39 Å². The van der Waals surface area contributed by atoms with Gasteiger partial charge in [-0.1, -0.05) is 50.4 Å². The Morgan fingerprint density at radius 1 is 1.24 bits per heavy atom. The van der Waals surface area contributed by atoms with Crippen molar-refractivity contribution in [3.8, 4) is 0 Å². The highest BCUT2D eigenvalue weighted by molar-refractivity contribution is 6.31. The van der Waals surface area contributed by atoms with Crippen LogP contribution in [-0.4, -0.2) is 13.1 Å². The standard InChI is InChI=1S/C18H27ClFN/c1-13(2)11-21-12-16-7-4-3-6-14(16)10-15-8-5-9-17(20)18(15)19/h5,8-9,13-14,16,21H,3-4,6-7,10-12H2,1-2H3. The molecule has 1 aliphatic carbocycles. The van der Waals surface area contributed by atoms with Gasteiger partial charge >= 0.3 is 0 Å². The fraction of sp³-hybridized carbons (Fsp3) is 0.667. The number of rotatable bonds is 6. The maximum Gasteiger partial charge on any atom is 0.142 e. The van der Waals surface area contributed by atoms with E-state index in [1.807, 2.05) is 6.07 Å². The van der Waals surface area contributed by atoms with Crippen LogP contribution in [0.2, 0.25) is 5.02 Å². The van der Waals surface area contributed by atoms with Gasteiger partial charge in [-0.15, -0.1) is 0 Å². The van der Waals surface area contributed by atoms with Crippen molar-refractivity contribution in [2.24, 2.45) is 17.8 Å². The summed E-state index contributed by atoms with van der Waals surface area (Å²) in [5, 5.41) is 3.91. The maximum absolute atomic E-state index is 13.6. The van der Waals surface area contributed by atoms with Crippen LogP contribution in [0.3, 0.4) is 0 Å². The van der Waals surface area contributed by atoms with Crippen molar-refractivity contribution in [1.82, 2.24) is 5.32 Å². The molecule has 0 amide bonds. The molecule has 3 heteroatoms. The third-order valence-electron chi connectivity index (χ3n) is 4.54. The fourth-order valence-electron chi connectivity index (χ4n) is 3.37. The lowest BCUT2D eigenvalue weighted by molar-refractivity contribution is 0.226. The topological polar surface area (TPSA) is 12.0 Å². The molecule has 2 atom stereocenters. The first-order valence-corrected chi connectivity index (χ1v) is 8.59. The summed E-state index contributed by atoms with van der Waals surface area (Å²) in [4.78, 5) is 0. The lowest BCUT2D eigenvalue weighted by Crippen LogP contribution is -2.33. The molecule has 1 aromatic carbocycles. The molecule has 1 aliphatic rings. The Labute approximate surface area is 133 Å². The van der Waals surface area contributed by atoms with Crippen molar-refractivity contribution in [2.45, 2.75) is 46.0 Å². The number of hydrogen-bond acceptors (Lipinski definition) is 1. The molecule has 0 aromatic heterocycles. The minimum Gasteiger partial charge on any atom is -0.316 e. The van der Waals surface area contributed by atoms with Gasteiger partial charge in [-0.25, -0.2) is 4.39 Å². The Morgan fingerprint density at radius 3 is 2.67 bits per heavy atom. The lowest BCUT2D eigenvalue weighted by Gasteiger charge is -2.32. The van der Waals surface area contributed by atoms with Crippen LogP contribution in [-0.2, 0) is 6.42 Å². The predicted octanol–water partition coefficient (Wildman–Crippen LogP) is 5.07. The van der Waals surface area contributed by atoms with Crippen LogP contribution in [0.15, 0.2) is 18.2 Å². The molecular formula is C18H27ClFN. The summed E-state index contributed by atoms with van der Waals surface area (Å²) in [5.74, 6) is 1.71. The van der Waals surface area contributed by atoms with Gasteiger partial charge in [0.1, 0.15) is 5.82 Å². The van der Waals surface area contributed by atoms with Crippen molar-refractivity contribution in [3.05, 3.63) is 34.6 Å². The van der Waals surface area contributed by atoms with Gasteiger partial charge in [0.05, 0.1) is 5.02 Å². The Hall–Kier alpha value is -0.600. The van der Waals surface area contributed by atoms with Gasteiger partial charge in [-0.3, -0.25) is 0 Å². The molecule has 0 heterocycles. The molecule has 1 N–H and O–H groups in total. The zero-order valence-electron chi connectivity index (χ0n) is 13.2. The van der Waals surface area contributed by atoms with Gasteiger partial charge in [0.15, 0.2) is 0 Å². The van der Waals surface area contributed by atoms with Gasteiger partial charge in [-0.2, -0.15) is 0 Å². The summed E-state index contributed by atoms with van der Waals surface area (Å²) in [5.41, 5.74) is 0.970. The van der Waals surface area contributed by atoms with E-state index in [4.69, 9.17) is 11.6 Å². The number of halogens is 2. The van der Waals surface area contributed by atoms with Crippen molar-refractivity contribution < 1.29 is 4.39 Å². The highest BCUT2D eigenvalue weighted by atomic mass is 35.5. The largest absolute Gasteiger partial charge is 0.316 e. The Morgan fingerprint density at radius 2 is 1.95 bits per heavy atom. The van der Waals surface area contributed by atoms with Crippen LogP contribution in [0, 0.1) is 23.6 Å². The quantitative estimate of drug-likeness (QED) is 0.773. The molecule has 1 saturated carbocycles. The first-order chi connectivity index (χ1) is 10.1.